The Hall–Kier alpha value is -2.66. The number of hydrogen-bond donors (Lipinski definition) is 1. The number of alkyl halides is 3. The predicted molar refractivity (Wildman–Crippen MR) is 97.3 cm³/mol. The molecule has 3 rings (SSSR count). The number of anilines is 1. The summed E-state index contributed by atoms with van der Waals surface area (Å²) < 4.78 is 75.3. The van der Waals surface area contributed by atoms with Gasteiger partial charge < -0.3 is 9.80 Å². The Bertz CT molecular complexity index is 1030. The van der Waals surface area contributed by atoms with E-state index in [9.17, 15) is 30.8 Å². The van der Waals surface area contributed by atoms with E-state index in [4.69, 9.17) is 5.14 Å². The highest BCUT2D eigenvalue weighted by Crippen LogP contribution is 2.33. The van der Waals surface area contributed by atoms with Gasteiger partial charge in [0.15, 0.2) is 0 Å². The van der Waals surface area contributed by atoms with Gasteiger partial charge in [0, 0.05) is 31.9 Å². The van der Waals surface area contributed by atoms with E-state index in [-0.39, 0.29) is 42.3 Å². The maximum Gasteiger partial charge on any atom is 0.419 e. The summed E-state index contributed by atoms with van der Waals surface area (Å²) in [7, 11) is -4.08. The Morgan fingerprint density at radius 3 is 2.17 bits per heavy atom. The van der Waals surface area contributed by atoms with Crippen molar-refractivity contribution in [3.63, 3.8) is 0 Å². The summed E-state index contributed by atoms with van der Waals surface area (Å²) in [4.78, 5) is 15.5. The summed E-state index contributed by atoms with van der Waals surface area (Å²) in [5, 5.41) is 5.16. The number of piperazine rings is 1. The molecule has 0 aliphatic carbocycles. The third-order valence-electron chi connectivity index (χ3n) is 4.61. The number of halogens is 4. The van der Waals surface area contributed by atoms with Crippen LogP contribution in [0.5, 0.6) is 0 Å². The molecule has 1 aliphatic rings. The first-order valence-corrected chi connectivity index (χ1v) is 10.1. The van der Waals surface area contributed by atoms with Crippen molar-refractivity contribution >= 4 is 21.6 Å². The summed E-state index contributed by atoms with van der Waals surface area (Å²) in [6, 6.07) is 8.25. The largest absolute Gasteiger partial charge is 0.419 e. The van der Waals surface area contributed by atoms with E-state index >= 15 is 0 Å². The molecule has 1 saturated heterocycles. The molecule has 11 heteroatoms. The number of sulfonamides is 1. The molecule has 0 bridgehead atoms. The molecule has 1 aliphatic heterocycles. The van der Waals surface area contributed by atoms with Gasteiger partial charge in [-0.3, -0.25) is 4.79 Å². The number of nitrogens with zero attached hydrogens (tertiary/aromatic N) is 2. The molecule has 0 spiro atoms. The molecule has 2 aromatic carbocycles. The number of amides is 1. The zero-order valence-corrected chi connectivity index (χ0v) is 15.8. The van der Waals surface area contributed by atoms with E-state index in [0.717, 1.165) is 6.07 Å². The average molecular weight is 431 g/mol. The molecule has 29 heavy (non-hydrogen) atoms. The van der Waals surface area contributed by atoms with Crippen LogP contribution in [0.1, 0.15) is 15.9 Å². The molecule has 1 amide bonds. The average Bonchev–Trinajstić information content (AvgIpc) is 2.66. The predicted octanol–water partition coefficient (Wildman–Crippen LogP) is 2.45. The Labute approximate surface area is 164 Å². The minimum Gasteiger partial charge on any atom is -0.368 e. The van der Waals surface area contributed by atoms with Gasteiger partial charge in [0.25, 0.3) is 5.91 Å². The second-order valence-electron chi connectivity index (χ2n) is 6.48. The molecular formula is C18H17F4N3O3S. The smallest absolute Gasteiger partial charge is 0.368 e. The van der Waals surface area contributed by atoms with Crippen molar-refractivity contribution in [2.45, 2.75) is 11.1 Å². The molecule has 0 radical (unpaired) electrons. The van der Waals surface area contributed by atoms with E-state index in [1.165, 1.54) is 35.2 Å². The van der Waals surface area contributed by atoms with Crippen molar-refractivity contribution in [1.82, 2.24) is 4.90 Å². The van der Waals surface area contributed by atoms with Gasteiger partial charge >= 0.3 is 6.18 Å². The Morgan fingerprint density at radius 1 is 1.00 bits per heavy atom. The lowest BCUT2D eigenvalue weighted by Gasteiger charge is -2.36. The van der Waals surface area contributed by atoms with E-state index in [0.29, 0.717) is 6.07 Å². The number of rotatable bonds is 3. The highest BCUT2D eigenvalue weighted by Gasteiger charge is 2.34. The van der Waals surface area contributed by atoms with E-state index < -0.39 is 33.5 Å². The molecule has 0 aromatic heterocycles. The van der Waals surface area contributed by atoms with Gasteiger partial charge in [-0.05, 0) is 30.3 Å². The van der Waals surface area contributed by atoms with Gasteiger partial charge in [-0.15, -0.1) is 0 Å². The molecule has 156 valence electrons. The van der Waals surface area contributed by atoms with Crippen LogP contribution in [0.2, 0.25) is 0 Å². The van der Waals surface area contributed by atoms with Crippen molar-refractivity contribution in [2.75, 3.05) is 31.1 Å². The standard InChI is InChI=1S/C18H17F4N3O3S/c19-15-11-12(5-6-14(15)18(20,21)22)24-7-9-25(10-8-24)17(26)13-3-1-2-4-16(13)29(23,27)28/h1-6,11H,7-10H2,(H2,23,27,28). The van der Waals surface area contributed by atoms with Gasteiger partial charge in [0.05, 0.1) is 16.0 Å². The lowest BCUT2D eigenvalue weighted by molar-refractivity contribution is -0.139. The molecule has 1 fully saturated rings. The van der Waals surface area contributed by atoms with Crippen LogP contribution in [0.15, 0.2) is 47.4 Å². The van der Waals surface area contributed by atoms with Crippen LogP contribution in [0.3, 0.4) is 0 Å². The summed E-state index contributed by atoms with van der Waals surface area (Å²) >= 11 is 0. The van der Waals surface area contributed by atoms with Gasteiger partial charge in [-0.1, -0.05) is 12.1 Å². The fourth-order valence-electron chi connectivity index (χ4n) is 3.16. The van der Waals surface area contributed by atoms with E-state index in [1.54, 1.807) is 4.90 Å². The monoisotopic (exact) mass is 431 g/mol. The topological polar surface area (TPSA) is 83.7 Å². The van der Waals surface area contributed by atoms with Crippen molar-refractivity contribution in [3.8, 4) is 0 Å². The number of primary sulfonamides is 1. The quantitative estimate of drug-likeness (QED) is 0.757. The van der Waals surface area contributed by atoms with Crippen LogP contribution < -0.4 is 10.0 Å². The second-order valence-corrected chi connectivity index (χ2v) is 8.01. The molecule has 0 unspecified atom stereocenters. The van der Waals surface area contributed by atoms with Crippen molar-refractivity contribution in [1.29, 1.82) is 0 Å². The first-order valence-electron chi connectivity index (χ1n) is 8.51. The summed E-state index contributed by atoms with van der Waals surface area (Å²) in [5.41, 5.74) is -1.12. The highest BCUT2D eigenvalue weighted by molar-refractivity contribution is 7.89. The molecule has 2 aromatic rings. The fraction of sp³-hybridized carbons (Fsp3) is 0.278. The first-order chi connectivity index (χ1) is 13.5. The number of hydrogen-bond acceptors (Lipinski definition) is 4. The third-order valence-corrected chi connectivity index (χ3v) is 5.58. The molecule has 2 N–H and O–H groups in total. The van der Waals surface area contributed by atoms with Gasteiger partial charge in [-0.25, -0.2) is 17.9 Å². The molecular weight excluding hydrogens is 414 g/mol. The minimum atomic E-state index is -4.77. The summed E-state index contributed by atoms with van der Waals surface area (Å²) in [5.74, 6) is -1.89. The van der Waals surface area contributed by atoms with Crippen LogP contribution in [-0.2, 0) is 16.2 Å². The number of carbonyl (C=O) groups is 1. The second kappa shape index (κ2) is 7.64. The Balaban J connectivity index is 1.73. The molecule has 6 nitrogen and oxygen atoms in total. The number of carbonyl (C=O) groups excluding carboxylic acids is 1. The highest BCUT2D eigenvalue weighted by atomic mass is 32.2. The minimum absolute atomic E-state index is 0.0518. The molecule has 0 atom stereocenters. The summed E-state index contributed by atoms with van der Waals surface area (Å²) in [6.45, 7) is 0.850. The zero-order chi connectivity index (χ0) is 21.4. The van der Waals surface area contributed by atoms with Crippen LogP contribution in [-0.4, -0.2) is 45.4 Å². The number of nitrogens with two attached hydrogens (primary N) is 1. The van der Waals surface area contributed by atoms with Gasteiger partial charge in [0.1, 0.15) is 5.82 Å². The SMILES string of the molecule is NS(=O)(=O)c1ccccc1C(=O)N1CCN(c2ccc(C(F)(F)F)c(F)c2)CC1. The van der Waals surface area contributed by atoms with Crippen molar-refractivity contribution < 1.29 is 30.8 Å². The molecule has 1 heterocycles. The maximum absolute atomic E-state index is 13.8. The lowest BCUT2D eigenvalue weighted by Crippen LogP contribution is -2.49. The fourth-order valence-corrected chi connectivity index (χ4v) is 3.89. The Morgan fingerprint density at radius 2 is 1.62 bits per heavy atom. The molecule has 0 saturated carbocycles. The van der Waals surface area contributed by atoms with E-state index in [2.05, 4.69) is 0 Å². The van der Waals surface area contributed by atoms with E-state index in [1.807, 2.05) is 0 Å². The van der Waals surface area contributed by atoms with Crippen LogP contribution >= 0.6 is 0 Å². The normalized spacial score (nSPS) is 15.5. The van der Waals surface area contributed by atoms with Crippen LogP contribution in [0.4, 0.5) is 23.2 Å². The van der Waals surface area contributed by atoms with Crippen molar-refractivity contribution in [2.24, 2.45) is 5.14 Å². The summed E-state index contributed by atoms with van der Waals surface area (Å²) in [6.07, 6.45) is -4.77. The lowest BCUT2D eigenvalue weighted by atomic mass is 10.1. The van der Waals surface area contributed by atoms with Crippen LogP contribution in [0.25, 0.3) is 0 Å². The van der Waals surface area contributed by atoms with Crippen LogP contribution in [0, 0.1) is 5.82 Å². The number of benzene rings is 2. The van der Waals surface area contributed by atoms with Gasteiger partial charge in [0.2, 0.25) is 10.0 Å². The van der Waals surface area contributed by atoms with Crippen molar-refractivity contribution in [3.05, 3.63) is 59.4 Å². The Kier molecular flexibility index (Phi) is 5.54. The van der Waals surface area contributed by atoms with Gasteiger partial charge in [-0.2, -0.15) is 13.2 Å². The first kappa shape index (κ1) is 21.1. The zero-order valence-electron chi connectivity index (χ0n) is 15.0. The maximum atomic E-state index is 13.8. The third kappa shape index (κ3) is 4.51.